The smallest absolute Gasteiger partial charge is 0.261 e. The van der Waals surface area contributed by atoms with Gasteiger partial charge in [0.15, 0.2) is 5.65 Å². The highest BCUT2D eigenvalue weighted by Crippen LogP contribution is 2.27. The van der Waals surface area contributed by atoms with Crippen LogP contribution in [0, 0.1) is 13.8 Å². The average molecular weight is 390 g/mol. The first-order valence-electron chi connectivity index (χ1n) is 9.35. The maximum Gasteiger partial charge on any atom is 0.261 e. The highest BCUT2D eigenvalue weighted by Gasteiger charge is 2.19. The lowest BCUT2D eigenvalue weighted by Gasteiger charge is -2.10. The second-order valence-corrected chi connectivity index (χ2v) is 6.77. The molecule has 4 rings (SSSR count). The number of nitrogens with one attached hydrogen (secondary N) is 1. The van der Waals surface area contributed by atoms with E-state index in [-0.39, 0.29) is 5.91 Å². The van der Waals surface area contributed by atoms with E-state index in [2.05, 4.69) is 20.5 Å². The molecular formula is C21H22N6O2. The third kappa shape index (κ3) is 3.33. The fraction of sp³-hybridized carbons (Fsp3) is 0.238. The molecule has 0 atom stereocenters. The fourth-order valence-electron chi connectivity index (χ4n) is 3.30. The number of amides is 1. The van der Waals surface area contributed by atoms with Crippen LogP contribution in [0.3, 0.4) is 0 Å². The number of carbonyl (C=O) groups excluding carboxylic acids is 1. The Morgan fingerprint density at radius 3 is 2.79 bits per heavy atom. The van der Waals surface area contributed by atoms with Gasteiger partial charge in [-0.1, -0.05) is 6.07 Å². The van der Waals surface area contributed by atoms with Crippen LogP contribution < -0.4 is 10.1 Å². The molecule has 0 bridgehead atoms. The highest BCUT2D eigenvalue weighted by molar-refractivity contribution is 6.08. The summed E-state index contributed by atoms with van der Waals surface area (Å²) in [4.78, 5) is 17.3. The molecule has 0 radical (unpaired) electrons. The molecular weight excluding hydrogens is 368 g/mol. The number of benzene rings is 1. The predicted octanol–water partition coefficient (Wildman–Crippen LogP) is 3.49. The van der Waals surface area contributed by atoms with Crippen LogP contribution in [-0.2, 0) is 6.54 Å². The Morgan fingerprint density at radius 2 is 2.07 bits per heavy atom. The lowest BCUT2D eigenvalue weighted by atomic mass is 10.2. The summed E-state index contributed by atoms with van der Waals surface area (Å²) in [5.74, 6) is 0.297. The van der Waals surface area contributed by atoms with Gasteiger partial charge in [-0.15, -0.1) is 0 Å². The summed E-state index contributed by atoms with van der Waals surface area (Å²) >= 11 is 0. The molecule has 0 aliphatic carbocycles. The van der Waals surface area contributed by atoms with E-state index < -0.39 is 0 Å². The molecule has 0 spiro atoms. The van der Waals surface area contributed by atoms with Gasteiger partial charge < -0.3 is 10.1 Å². The zero-order valence-electron chi connectivity index (χ0n) is 16.8. The maximum absolute atomic E-state index is 13.0. The minimum atomic E-state index is -0.297. The van der Waals surface area contributed by atoms with Crippen molar-refractivity contribution in [1.29, 1.82) is 0 Å². The molecule has 0 unspecified atom stereocenters. The summed E-state index contributed by atoms with van der Waals surface area (Å²) in [6.45, 7) is 6.72. The number of ether oxygens (including phenoxy) is 1. The van der Waals surface area contributed by atoms with E-state index in [0.29, 0.717) is 22.6 Å². The summed E-state index contributed by atoms with van der Waals surface area (Å²) in [6, 6.07) is 7.49. The molecule has 8 heteroatoms. The van der Waals surface area contributed by atoms with Crippen molar-refractivity contribution in [2.75, 3.05) is 12.4 Å². The van der Waals surface area contributed by atoms with E-state index in [4.69, 9.17) is 4.74 Å². The Balaban J connectivity index is 1.74. The van der Waals surface area contributed by atoms with Gasteiger partial charge >= 0.3 is 0 Å². The number of nitrogens with zero attached hydrogens (tertiary/aromatic N) is 5. The number of carbonyl (C=O) groups is 1. The van der Waals surface area contributed by atoms with Gasteiger partial charge in [0.1, 0.15) is 11.3 Å². The minimum Gasteiger partial charge on any atom is -0.495 e. The van der Waals surface area contributed by atoms with Crippen molar-refractivity contribution in [3.05, 3.63) is 59.7 Å². The molecule has 29 heavy (non-hydrogen) atoms. The van der Waals surface area contributed by atoms with Gasteiger partial charge in [0.05, 0.1) is 30.4 Å². The molecule has 0 aliphatic heterocycles. The summed E-state index contributed by atoms with van der Waals surface area (Å²) in [5, 5.41) is 11.8. The summed E-state index contributed by atoms with van der Waals surface area (Å²) in [6.07, 6.45) is 5.19. The normalized spacial score (nSPS) is 11.0. The topological polar surface area (TPSA) is 86.3 Å². The molecule has 8 nitrogen and oxygen atoms in total. The van der Waals surface area contributed by atoms with Crippen molar-refractivity contribution in [1.82, 2.24) is 24.4 Å². The second kappa shape index (κ2) is 7.38. The number of hydrogen-bond donors (Lipinski definition) is 1. The standard InChI is InChI=1S/C21H22N6O2/c1-5-26-12-16(14(3)25-26)18-8-9-22-20-15(11-23-27(18)20)21(28)24-17-10-13(2)6-7-19(17)29-4/h6-12H,5H2,1-4H3,(H,24,28). The molecule has 3 aromatic heterocycles. The maximum atomic E-state index is 13.0. The van der Waals surface area contributed by atoms with Crippen LogP contribution in [-0.4, -0.2) is 37.4 Å². The van der Waals surface area contributed by atoms with Gasteiger partial charge in [0.25, 0.3) is 5.91 Å². The van der Waals surface area contributed by atoms with Crippen LogP contribution in [0.2, 0.25) is 0 Å². The first-order chi connectivity index (χ1) is 14.0. The first kappa shape index (κ1) is 18.7. The quantitative estimate of drug-likeness (QED) is 0.564. The zero-order chi connectivity index (χ0) is 20.5. The summed E-state index contributed by atoms with van der Waals surface area (Å²) in [5.41, 5.74) is 5.17. The van der Waals surface area contributed by atoms with E-state index in [1.165, 1.54) is 6.20 Å². The fourth-order valence-corrected chi connectivity index (χ4v) is 3.30. The van der Waals surface area contributed by atoms with Crippen molar-refractivity contribution >= 4 is 17.2 Å². The summed E-state index contributed by atoms with van der Waals surface area (Å²) < 4.78 is 8.89. The first-order valence-corrected chi connectivity index (χ1v) is 9.35. The van der Waals surface area contributed by atoms with Crippen LogP contribution >= 0.6 is 0 Å². The average Bonchev–Trinajstić information content (AvgIpc) is 3.31. The third-order valence-electron chi connectivity index (χ3n) is 4.80. The molecule has 0 saturated carbocycles. The van der Waals surface area contributed by atoms with Gasteiger partial charge in [-0.2, -0.15) is 10.2 Å². The van der Waals surface area contributed by atoms with E-state index in [1.54, 1.807) is 17.8 Å². The van der Waals surface area contributed by atoms with Crippen molar-refractivity contribution < 1.29 is 9.53 Å². The predicted molar refractivity (Wildman–Crippen MR) is 110 cm³/mol. The molecule has 3 heterocycles. The Labute approximate surface area is 168 Å². The Morgan fingerprint density at radius 1 is 1.24 bits per heavy atom. The molecule has 0 saturated heterocycles. The van der Waals surface area contributed by atoms with Crippen LogP contribution in [0.4, 0.5) is 5.69 Å². The highest BCUT2D eigenvalue weighted by atomic mass is 16.5. The SMILES string of the molecule is CCn1cc(-c2ccnc3c(C(=O)Nc4cc(C)ccc4OC)cnn23)c(C)n1. The van der Waals surface area contributed by atoms with Crippen molar-refractivity contribution in [3.8, 4) is 17.0 Å². The number of methoxy groups -OCH3 is 1. The van der Waals surface area contributed by atoms with E-state index >= 15 is 0 Å². The number of aromatic nitrogens is 5. The number of hydrogen-bond acceptors (Lipinski definition) is 5. The van der Waals surface area contributed by atoms with Gasteiger partial charge in [-0.05, 0) is 44.5 Å². The lowest BCUT2D eigenvalue weighted by Crippen LogP contribution is -2.13. The molecule has 1 amide bonds. The van der Waals surface area contributed by atoms with E-state index in [0.717, 1.165) is 29.1 Å². The summed E-state index contributed by atoms with van der Waals surface area (Å²) in [7, 11) is 1.57. The van der Waals surface area contributed by atoms with E-state index in [1.807, 2.05) is 55.9 Å². The molecule has 0 fully saturated rings. The van der Waals surface area contributed by atoms with Crippen LogP contribution in [0.5, 0.6) is 5.75 Å². The molecule has 0 aliphatic rings. The number of anilines is 1. The third-order valence-corrected chi connectivity index (χ3v) is 4.80. The van der Waals surface area contributed by atoms with E-state index in [9.17, 15) is 4.79 Å². The van der Waals surface area contributed by atoms with Gasteiger partial charge in [0.2, 0.25) is 0 Å². The molecule has 4 aromatic rings. The van der Waals surface area contributed by atoms with Crippen LogP contribution in [0.1, 0.15) is 28.5 Å². The van der Waals surface area contributed by atoms with Gasteiger partial charge in [-0.25, -0.2) is 9.50 Å². The second-order valence-electron chi connectivity index (χ2n) is 6.77. The van der Waals surface area contributed by atoms with Crippen LogP contribution in [0.25, 0.3) is 16.9 Å². The monoisotopic (exact) mass is 390 g/mol. The zero-order valence-corrected chi connectivity index (χ0v) is 16.8. The Bertz CT molecular complexity index is 1210. The molecule has 148 valence electrons. The largest absolute Gasteiger partial charge is 0.495 e. The molecule has 1 aromatic carbocycles. The van der Waals surface area contributed by atoms with Gasteiger partial charge in [-0.3, -0.25) is 9.48 Å². The number of aryl methyl sites for hydroxylation is 3. The number of rotatable bonds is 5. The Hall–Kier alpha value is -3.68. The van der Waals surface area contributed by atoms with Crippen LogP contribution in [0.15, 0.2) is 42.9 Å². The Kier molecular flexibility index (Phi) is 4.75. The minimum absolute atomic E-state index is 0.297. The van der Waals surface area contributed by atoms with Crippen molar-refractivity contribution in [2.45, 2.75) is 27.3 Å². The number of fused-ring (bicyclic) bond motifs is 1. The van der Waals surface area contributed by atoms with Gasteiger partial charge in [0, 0.05) is 24.5 Å². The lowest BCUT2D eigenvalue weighted by molar-refractivity contribution is 0.102. The van der Waals surface area contributed by atoms with Crippen molar-refractivity contribution in [3.63, 3.8) is 0 Å². The molecule has 1 N–H and O–H groups in total. The van der Waals surface area contributed by atoms with Crippen molar-refractivity contribution in [2.24, 2.45) is 0 Å².